The molecule has 0 heterocycles. The lowest BCUT2D eigenvalue weighted by Crippen LogP contribution is -2.17. The predicted molar refractivity (Wildman–Crippen MR) is 54.7 cm³/mol. The maximum absolute atomic E-state index is 11.3. The number of benzene rings is 1. The lowest BCUT2D eigenvalue weighted by Gasteiger charge is -2.02. The summed E-state index contributed by atoms with van der Waals surface area (Å²) in [5.41, 5.74) is 5.84. The van der Waals surface area contributed by atoms with Crippen molar-refractivity contribution in [3.63, 3.8) is 0 Å². The fourth-order valence-corrected chi connectivity index (χ4v) is 2.30. The molecule has 0 spiro atoms. The van der Waals surface area contributed by atoms with Gasteiger partial charge in [0.05, 0.1) is 11.5 Å². The molecule has 0 atom stereocenters. The van der Waals surface area contributed by atoms with Crippen molar-refractivity contribution in [2.24, 2.45) is 5.73 Å². The number of phenols is 1. The predicted octanol–water partition coefficient (Wildman–Crippen LogP) is 0.266. The molecule has 1 aromatic carbocycles. The molecule has 0 aliphatic heterocycles. The van der Waals surface area contributed by atoms with Crippen LogP contribution in [0.15, 0.2) is 24.3 Å². The maximum Gasteiger partial charge on any atom is 0.155 e. The molecule has 0 saturated heterocycles. The fraction of sp³-hybridized carbons (Fsp3) is 0.333. The van der Waals surface area contributed by atoms with Crippen molar-refractivity contribution < 1.29 is 13.5 Å². The quantitative estimate of drug-likeness (QED) is 0.755. The first-order chi connectivity index (χ1) is 6.53. The largest absolute Gasteiger partial charge is 0.508 e. The Labute approximate surface area is 83.3 Å². The number of aromatic hydroxyl groups is 1. The van der Waals surface area contributed by atoms with E-state index in [4.69, 9.17) is 10.8 Å². The summed E-state index contributed by atoms with van der Waals surface area (Å²) >= 11 is 0. The zero-order valence-electron chi connectivity index (χ0n) is 7.68. The minimum atomic E-state index is -3.10. The van der Waals surface area contributed by atoms with Crippen LogP contribution in [0, 0.1) is 0 Å². The molecule has 0 bridgehead atoms. The molecule has 1 aromatic rings. The van der Waals surface area contributed by atoms with Crippen LogP contribution in [0.1, 0.15) is 5.56 Å². The van der Waals surface area contributed by atoms with E-state index in [2.05, 4.69) is 0 Å². The van der Waals surface area contributed by atoms with E-state index in [-0.39, 0.29) is 23.8 Å². The van der Waals surface area contributed by atoms with Gasteiger partial charge in [-0.2, -0.15) is 0 Å². The molecule has 0 saturated carbocycles. The van der Waals surface area contributed by atoms with Crippen LogP contribution < -0.4 is 5.73 Å². The minimum Gasteiger partial charge on any atom is -0.508 e. The molecule has 0 radical (unpaired) electrons. The van der Waals surface area contributed by atoms with E-state index < -0.39 is 9.84 Å². The summed E-state index contributed by atoms with van der Waals surface area (Å²) in [6.07, 6.45) is 0. The van der Waals surface area contributed by atoms with Crippen molar-refractivity contribution in [1.29, 1.82) is 0 Å². The van der Waals surface area contributed by atoms with Gasteiger partial charge in [0.2, 0.25) is 0 Å². The summed E-state index contributed by atoms with van der Waals surface area (Å²) < 4.78 is 22.7. The van der Waals surface area contributed by atoms with Crippen LogP contribution in [0.2, 0.25) is 0 Å². The third kappa shape index (κ3) is 3.35. The van der Waals surface area contributed by atoms with E-state index in [0.717, 1.165) is 0 Å². The van der Waals surface area contributed by atoms with Crippen molar-refractivity contribution in [2.75, 3.05) is 12.3 Å². The molecular formula is C9H13NO3S. The van der Waals surface area contributed by atoms with E-state index >= 15 is 0 Å². The summed E-state index contributed by atoms with van der Waals surface area (Å²) in [4.78, 5) is 0. The molecule has 78 valence electrons. The number of hydrogen-bond donors (Lipinski definition) is 2. The molecule has 1 rings (SSSR count). The number of nitrogens with two attached hydrogens (primary N) is 1. The van der Waals surface area contributed by atoms with E-state index in [0.29, 0.717) is 5.56 Å². The first-order valence-corrected chi connectivity index (χ1v) is 6.04. The van der Waals surface area contributed by atoms with Crippen LogP contribution in [0.25, 0.3) is 0 Å². The highest BCUT2D eigenvalue weighted by Crippen LogP contribution is 2.12. The SMILES string of the molecule is NCCS(=O)(=O)Cc1ccc(O)cc1. The smallest absolute Gasteiger partial charge is 0.155 e. The van der Waals surface area contributed by atoms with E-state index in [1.54, 1.807) is 12.1 Å². The lowest BCUT2D eigenvalue weighted by atomic mass is 10.2. The third-order valence-electron chi connectivity index (χ3n) is 1.75. The zero-order chi connectivity index (χ0) is 10.6. The van der Waals surface area contributed by atoms with Gasteiger partial charge in [0.1, 0.15) is 5.75 Å². The van der Waals surface area contributed by atoms with Crippen molar-refractivity contribution in [3.05, 3.63) is 29.8 Å². The summed E-state index contributed by atoms with van der Waals surface area (Å²) in [7, 11) is -3.10. The zero-order valence-corrected chi connectivity index (χ0v) is 8.50. The van der Waals surface area contributed by atoms with Crippen molar-refractivity contribution >= 4 is 9.84 Å². The topological polar surface area (TPSA) is 80.4 Å². The summed E-state index contributed by atoms with van der Waals surface area (Å²) in [6.45, 7) is 0.139. The summed E-state index contributed by atoms with van der Waals surface area (Å²) in [5.74, 6) is 0.100. The Bertz CT molecular complexity index is 383. The summed E-state index contributed by atoms with van der Waals surface area (Å²) in [6, 6.07) is 6.10. The number of sulfone groups is 1. The van der Waals surface area contributed by atoms with E-state index in [1.807, 2.05) is 0 Å². The molecule has 14 heavy (non-hydrogen) atoms. The van der Waals surface area contributed by atoms with Crippen LogP contribution >= 0.6 is 0 Å². The highest BCUT2D eigenvalue weighted by atomic mass is 32.2. The molecule has 4 nitrogen and oxygen atoms in total. The Hall–Kier alpha value is -1.07. The maximum atomic E-state index is 11.3. The van der Waals surface area contributed by atoms with E-state index in [9.17, 15) is 8.42 Å². The van der Waals surface area contributed by atoms with Gasteiger partial charge in [0, 0.05) is 6.54 Å². The Kier molecular flexibility index (Phi) is 3.49. The Morgan fingerprint density at radius 2 is 1.79 bits per heavy atom. The Balaban J connectivity index is 2.74. The standard InChI is InChI=1S/C9H13NO3S/c10-5-6-14(12,13)7-8-1-3-9(11)4-2-8/h1-4,11H,5-7,10H2. The lowest BCUT2D eigenvalue weighted by molar-refractivity contribution is 0.475. The molecule has 0 unspecified atom stereocenters. The van der Waals surface area contributed by atoms with Crippen molar-refractivity contribution in [2.45, 2.75) is 5.75 Å². The highest BCUT2D eigenvalue weighted by molar-refractivity contribution is 7.90. The first kappa shape index (κ1) is 11.0. The van der Waals surface area contributed by atoms with Gasteiger partial charge in [-0.1, -0.05) is 12.1 Å². The number of rotatable bonds is 4. The molecule has 0 amide bonds. The third-order valence-corrected chi connectivity index (χ3v) is 3.38. The van der Waals surface area contributed by atoms with Crippen molar-refractivity contribution in [1.82, 2.24) is 0 Å². The van der Waals surface area contributed by atoms with Gasteiger partial charge >= 0.3 is 0 Å². The molecular weight excluding hydrogens is 202 g/mol. The number of hydrogen-bond acceptors (Lipinski definition) is 4. The monoisotopic (exact) mass is 215 g/mol. The second kappa shape index (κ2) is 4.43. The average molecular weight is 215 g/mol. The molecule has 3 N–H and O–H groups in total. The van der Waals surface area contributed by atoms with Crippen LogP contribution in [0.4, 0.5) is 0 Å². The summed E-state index contributed by atoms with van der Waals surface area (Å²) in [5, 5.41) is 8.99. The second-order valence-electron chi connectivity index (χ2n) is 3.05. The molecule has 0 aliphatic rings. The average Bonchev–Trinajstić information content (AvgIpc) is 2.08. The normalized spacial score (nSPS) is 11.5. The van der Waals surface area contributed by atoms with Gasteiger partial charge in [0.15, 0.2) is 9.84 Å². The molecule has 0 aliphatic carbocycles. The van der Waals surface area contributed by atoms with Gasteiger partial charge in [-0.25, -0.2) is 8.42 Å². The molecule has 5 heteroatoms. The highest BCUT2D eigenvalue weighted by Gasteiger charge is 2.10. The van der Waals surface area contributed by atoms with Gasteiger partial charge in [-0.05, 0) is 17.7 Å². The molecule has 0 aromatic heterocycles. The molecule has 0 fully saturated rings. The van der Waals surface area contributed by atoms with Gasteiger partial charge in [0.25, 0.3) is 0 Å². The first-order valence-electron chi connectivity index (χ1n) is 4.22. The number of phenolic OH excluding ortho intramolecular Hbond substituents is 1. The minimum absolute atomic E-state index is 0.00607. The second-order valence-corrected chi connectivity index (χ2v) is 5.23. The van der Waals surface area contributed by atoms with Crippen LogP contribution in [-0.4, -0.2) is 25.8 Å². The van der Waals surface area contributed by atoms with E-state index in [1.165, 1.54) is 12.1 Å². The van der Waals surface area contributed by atoms with Gasteiger partial charge in [-0.15, -0.1) is 0 Å². The van der Waals surface area contributed by atoms with Crippen LogP contribution in [0.3, 0.4) is 0 Å². The van der Waals surface area contributed by atoms with Gasteiger partial charge < -0.3 is 10.8 Å². The van der Waals surface area contributed by atoms with Crippen LogP contribution in [-0.2, 0) is 15.6 Å². The Morgan fingerprint density at radius 3 is 2.29 bits per heavy atom. The van der Waals surface area contributed by atoms with Crippen molar-refractivity contribution in [3.8, 4) is 5.75 Å². The fourth-order valence-electron chi connectivity index (χ4n) is 1.10. The van der Waals surface area contributed by atoms with Gasteiger partial charge in [-0.3, -0.25) is 0 Å². The Morgan fingerprint density at radius 1 is 1.21 bits per heavy atom. The van der Waals surface area contributed by atoms with Crippen LogP contribution in [0.5, 0.6) is 5.75 Å².